The van der Waals surface area contributed by atoms with E-state index in [1.165, 1.54) is 0 Å². The Morgan fingerprint density at radius 2 is 1.93 bits per heavy atom. The summed E-state index contributed by atoms with van der Waals surface area (Å²) in [5, 5.41) is 3.19. The molecule has 2 aromatic carbocycles. The number of ether oxygens (including phenoxy) is 3. The minimum absolute atomic E-state index is 0.267. The van der Waals surface area contributed by atoms with Crippen LogP contribution in [-0.4, -0.2) is 36.1 Å². The number of aromatic nitrogens is 2. The third kappa shape index (κ3) is 4.58. The first-order chi connectivity index (χ1) is 13.6. The summed E-state index contributed by atoms with van der Waals surface area (Å²) in [5.41, 5.74) is 1.26. The van der Waals surface area contributed by atoms with Crippen molar-refractivity contribution in [3.63, 3.8) is 0 Å². The molecule has 1 N–H and O–H groups in total. The van der Waals surface area contributed by atoms with Gasteiger partial charge < -0.3 is 14.2 Å². The van der Waals surface area contributed by atoms with Gasteiger partial charge in [0.2, 0.25) is 5.13 Å². The molecule has 0 saturated heterocycles. The molecule has 0 saturated carbocycles. The van der Waals surface area contributed by atoms with Gasteiger partial charge in [-0.1, -0.05) is 13.0 Å². The zero-order valence-electron chi connectivity index (χ0n) is 15.9. The highest BCUT2D eigenvalue weighted by molar-refractivity contribution is 7.10. The largest absolute Gasteiger partial charge is 0.494 e. The quantitative estimate of drug-likeness (QED) is 0.609. The lowest BCUT2D eigenvalue weighted by molar-refractivity contribution is 0.102. The van der Waals surface area contributed by atoms with Crippen LogP contribution in [0.5, 0.6) is 17.2 Å². The summed E-state index contributed by atoms with van der Waals surface area (Å²) >= 11 is 1.11. The fourth-order valence-electron chi connectivity index (χ4n) is 2.48. The number of hydrogen-bond acceptors (Lipinski definition) is 7. The average molecular weight is 399 g/mol. The van der Waals surface area contributed by atoms with Gasteiger partial charge in [0.05, 0.1) is 20.8 Å². The van der Waals surface area contributed by atoms with Gasteiger partial charge >= 0.3 is 0 Å². The molecule has 0 fully saturated rings. The maximum Gasteiger partial charge on any atom is 0.257 e. The third-order valence-corrected chi connectivity index (χ3v) is 4.49. The number of rotatable bonds is 8. The van der Waals surface area contributed by atoms with Gasteiger partial charge in [0, 0.05) is 22.7 Å². The molecular weight excluding hydrogens is 378 g/mol. The second-order valence-electron chi connectivity index (χ2n) is 5.82. The van der Waals surface area contributed by atoms with E-state index in [4.69, 9.17) is 14.2 Å². The standard InChI is InChI=1S/C20H21N3O4S/c1-4-10-27-15-7-5-6-14(11-15)19(24)22-20-21-18(23-28-20)13-8-9-16(25-2)17(12-13)26-3/h5-9,11-12H,4,10H2,1-3H3,(H,21,22,23,24). The number of hydrogen-bond donors (Lipinski definition) is 1. The number of amides is 1. The minimum atomic E-state index is -0.267. The molecule has 0 atom stereocenters. The van der Waals surface area contributed by atoms with Crippen LogP contribution in [0, 0.1) is 0 Å². The molecule has 0 radical (unpaired) electrons. The number of nitrogens with one attached hydrogen (secondary N) is 1. The smallest absolute Gasteiger partial charge is 0.257 e. The van der Waals surface area contributed by atoms with Crippen molar-refractivity contribution in [2.24, 2.45) is 0 Å². The Kier molecular flexibility index (Phi) is 6.44. The summed E-state index contributed by atoms with van der Waals surface area (Å²) < 4.78 is 20.4. The molecular formula is C20H21N3O4S. The molecule has 3 rings (SSSR count). The van der Waals surface area contributed by atoms with E-state index in [1.807, 2.05) is 19.1 Å². The lowest BCUT2D eigenvalue weighted by Gasteiger charge is -2.08. The molecule has 146 valence electrons. The van der Waals surface area contributed by atoms with Gasteiger partial charge in [0.25, 0.3) is 5.91 Å². The minimum Gasteiger partial charge on any atom is -0.494 e. The first-order valence-corrected chi connectivity index (χ1v) is 9.52. The zero-order chi connectivity index (χ0) is 19.9. The molecule has 0 aliphatic heterocycles. The molecule has 28 heavy (non-hydrogen) atoms. The van der Waals surface area contributed by atoms with Crippen molar-refractivity contribution in [3.8, 4) is 28.6 Å². The number of carbonyl (C=O) groups is 1. The SMILES string of the molecule is CCCOc1cccc(C(=O)Nc2nc(-c3ccc(OC)c(OC)c3)ns2)c1. The molecule has 0 aliphatic rings. The fraction of sp³-hybridized carbons (Fsp3) is 0.250. The monoisotopic (exact) mass is 399 g/mol. The summed E-state index contributed by atoms with van der Waals surface area (Å²) in [7, 11) is 3.15. The van der Waals surface area contributed by atoms with Gasteiger partial charge in [0.1, 0.15) is 5.75 Å². The van der Waals surface area contributed by atoms with Crippen molar-refractivity contribution >= 4 is 22.6 Å². The summed E-state index contributed by atoms with van der Waals surface area (Å²) in [6, 6.07) is 12.5. The van der Waals surface area contributed by atoms with Crippen molar-refractivity contribution in [3.05, 3.63) is 48.0 Å². The molecule has 0 unspecified atom stereocenters. The molecule has 0 bridgehead atoms. The predicted octanol–water partition coefficient (Wildman–Crippen LogP) is 4.26. The van der Waals surface area contributed by atoms with Crippen molar-refractivity contribution in [1.82, 2.24) is 9.36 Å². The third-order valence-electron chi connectivity index (χ3n) is 3.86. The maximum atomic E-state index is 12.5. The molecule has 0 spiro atoms. The van der Waals surface area contributed by atoms with E-state index in [0.29, 0.717) is 40.4 Å². The summed E-state index contributed by atoms with van der Waals surface area (Å²) in [6.45, 7) is 2.64. The Hall–Kier alpha value is -3.13. The van der Waals surface area contributed by atoms with Gasteiger partial charge in [0.15, 0.2) is 17.3 Å². The molecule has 1 heterocycles. The lowest BCUT2D eigenvalue weighted by atomic mass is 10.2. The molecule has 7 nitrogen and oxygen atoms in total. The van der Waals surface area contributed by atoms with E-state index < -0.39 is 0 Å². The Bertz CT molecular complexity index is 958. The highest BCUT2D eigenvalue weighted by Gasteiger charge is 2.14. The van der Waals surface area contributed by atoms with Crippen LogP contribution in [0.2, 0.25) is 0 Å². The van der Waals surface area contributed by atoms with Crippen LogP contribution in [-0.2, 0) is 0 Å². The normalized spacial score (nSPS) is 10.4. The van der Waals surface area contributed by atoms with Crippen molar-refractivity contribution in [2.45, 2.75) is 13.3 Å². The topological polar surface area (TPSA) is 82.6 Å². The molecule has 1 amide bonds. The summed E-state index contributed by atoms with van der Waals surface area (Å²) in [6.07, 6.45) is 0.903. The number of carbonyl (C=O) groups excluding carboxylic acids is 1. The number of benzene rings is 2. The van der Waals surface area contributed by atoms with Gasteiger partial charge in [-0.25, -0.2) is 0 Å². The van der Waals surface area contributed by atoms with Gasteiger partial charge in [-0.15, -0.1) is 0 Å². The van der Waals surface area contributed by atoms with E-state index in [9.17, 15) is 4.79 Å². The average Bonchev–Trinajstić information content (AvgIpc) is 3.20. The van der Waals surface area contributed by atoms with Gasteiger partial charge in [-0.05, 0) is 42.8 Å². The molecule has 8 heteroatoms. The second-order valence-corrected chi connectivity index (χ2v) is 6.58. The fourth-order valence-corrected chi connectivity index (χ4v) is 3.07. The number of nitrogens with zero attached hydrogens (tertiary/aromatic N) is 2. The van der Waals surface area contributed by atoms with Crippen LogP contribution in [0.25, 0.3) is 11.4 Å². The second kappa shape index (κ2) is 9.18. The highest BCUT2D eigenvalue weighted by atomic mass is 32.1. The molecule has 1 aromatic heterocycles. The summed E-state index contributed by atoms with van der Waals surface area (Å²) in [5.74, 6) is 2.11. The van der Waals surface area contributed by atoms with Crippen LogP contribution >= 0.6 is 11.5 Å². The van der Waals surface area contributed by atoms with Crippen LogP contribution in [0.4, 0.5) is 5.13 Å². The van der Waals surface area contributed by atoms with Crippen LogP contribution in [0.3, 0.4) is 0 Å². The van der Waals surface area contributed by atoms with Crippen LogP contribution < -0.4 is 19.5 Å². The van der Waals surface area contributed by atoms with E-state index in [-0.39, 0.29) is 5.91 Å². The Labute approximate surface area is 167 Å². The van der Waals surface area contributed by atoms with Crippen molar-refractivity contribution in [2.75, 3.05) is 26.1 Å². The molecule has 0 aliphatic carbocycles. The van der Waals surface area contributed by atoms with Crippen LogP contribution in [0.15, 0.2) is 42.5 Å². The van der Waals surface area contributed by atoms with Crippen molar-refractivity contribution < 1.29 is 19.0 Å². The van der Waals surface area contributed by atoms with E-state index in [0.717, 1.165) is 23.5 Å². The van der Waals surface area contributed by atoms with Gasteiger partial charge in [-0.3, -0.25) is 10.1 Å². The Balaban J connectivity index is 1.73. The van der Waals surface area contributed by atoms with Gasteiger partial charge in [-0.2, -0.15) is 9.36 Å². The number of methoxy groups -OCH3 is 2. The maximum absolute atomic E-state index is 12.5. The lowest BCUT2D eigenvalue weighted by Crippen LogP contribution is -2.11. The Morgan fingerprint density at radius 3 is 2.68 bits per heavy atom. The Morgan fingerprint density at radius 1 is 1.11 bits per heavy atom. The van der Waals surface area contributed by atoms with E-state index in [1.54, 1.807) is 44.6 Å². The van der Waals surface area contributed by atoms with E-state index >= 15 is 0 Å². The molecule has 3 aromatic rings. The zero-order valence-corrected chi connectivity index (χ0v) is 16.7. The van der Waals surface area contributed by atoms with Crippen molar-refractivity contribution in [1.29, 1.82) is 0 Å². The first kappa shape index (κ1) is 19.6. The predicted molar refractivity (Wildman–Crippen MR) is 109 cm³/mol. The van der Waals surface area contributed by atoms with E-state index in [2.05, 4.69) is 14.7 Å². The first-order valence-electron chi connectivity index (χ1n) is 8.75. The highest BCUT2D eigenvalue weighted by Crippen LogP contribution is 2.32. The number of anilines is 1. The summed E-state index contributed by atoms with van der Waals surface area (Å²) in [4.78, 5) is 16.9. The van der Waals surface area contributed by atoms with Crippen LogP contribution in [0.1, 0.15) is 23.7 Å².